The number of aryl methyl sites for hydroxylation is 1. The number of non-ortho nitro benzene ring substituents is 1. The smallest absolute Gasteiger partial charge is 0.275 e. The standard InChI is InChI=1S/C14H14N2O3/c1-10-5-3-4-6-14(10)19-13-8-11(15-2)7-12(9-13)16(17)18/h3-9,15H,1-2H3. The maximum Gasteiger partial charge on any atom is 0.275 e. The largest absolute Gasteiger partial charge is 0.457 e. The van der Waals surface area contributed by atoms with Gasteiger partial charge in [-0.3, -0.25) is 10.1 Å². The van der Waals surface area contributed by atoms with E-state index in [0.29, 0.717) is 17.2 Å². The van der Waals surface area contributed by atoms with Crippen molar-refractivity contribution in [2.45, 2.75) is 6.92 Å². The van der Waals surface area contributed by atoms with Crippen molar-refractivity contribution in [2.24, 2.45) is 0 Å². The molecule has 0 saturated heterocycles. The number of nitro benzene ring substituents is 1. The summed E-state index contributed by atoms with van der Waals surface area (Å²) in [5, 5.41) is 13.7. The Morgan fingerprint density at radius 2 is 1.95 bits per heavy atom. The first-order chi connectivity index (χ1) is 9.10. The number of para-hydroxylation sites is 1. The van der Waals surface area contributed by atoms with Gasteiger partial charge in [0, 0.05) is 24.9 Å². The van der Waals surface area contributed by atoms with Gasteiger partial charge in [-0.2, -0.15) is 0 Å². The second-order valence-corrected chi connectivity index (χ2v) is 4.09. The average molecular weight is 258 g/mol. The van der Waals surface area contributed by atoms with E-state index < -0.39 is 4.92 Å². The van der Waals surface area contributed by atoms with Crippen LogP contribution in [0.3, 0.4) is 0 Å². The van der Waals surface area contributed by atoms with Crippen LogP contribution in [0, 0.1) is 17.0 Å². The number of nitro groups is 1. The van der Waals surface area contributed by atoms with E-state index in [0.717, 1.165) is 5.56 Å². The first-order valence-corrected chi connectivity index (χ1v) is 5.81. The fraction of sp³-hybridized carbons (Fsp3) is 0.143. The Balaban J connectivity index is 2.37. The third-order valence-corrected chi connectivity index (χ3v) is 2.71. The van der Waals surface area contributed by atoms with E-state index in [9.17, 15) is 10.1 Å². The predicted molar refractivity (Wildman–Crippen MR) is 73.9 cm³/mol. The fourth-order valence-electron chi connectivity index (χ4n) is 1.69. The number of nitrogens with zero attached hydrogens (tertiary/aromatic N) is 1. The highest BCUT2D eigenvalue weighted by atomic mass is 16.6. The van der Waals surface area contributed by atoms with Crippen LogP contribution in [0.15, 0.2) is 42.5 Å². The van der Waals surface area contributed by atoms with Gasteiger partial charge >= 0.3 is 0 Å². The van der Waals surface area contributed by atoms with Gasteiger partial charge < -0.3 is 10.1 Å². The van der Waals surface area contributed by atoms with Crippen molar-refractivity contribution in [3.8, 4) is 11.5 Å². The minimum Gasteiger partial charge on any atom is -0.457 e. The number of hydrogen-bond donors (Lipinski definition) is 1. The summed E-state index contributed by atoms with van der Waals surface area (Å²) in [6.45, 7) is 1.92. The molecule has 5 heteroatoms. The first kappa shape index (κ1) is 12.9. The topological polar surface area (TPSA) is 64.4 Å². The van der Waals surface area contributed by atoms with Crippen LogP contribution in [-0.2, 0) is 0 Å². The molecule has 0 aliphatic carbocycles. The van der Waals surface area contributed by atoms with Crippen LogP contribution in [-0.4, -0.2) is 12.0 Å². The quantitative estimate of drug-likeness (QED) is 0.670. The molecule has 2 rings (SSSR count). The Kier molecular flexibility index (Phi) is 3.66. The van der Waals surface area contributed by atoms with E-state index in [1.54, 1.807) is 13.1 Å². The van der Waals surface area contributed by atoms with Crippen molar-refractivity contribution in [3.05, 3.63) is 58.1 Å². The Morgan fingerprint density at radius 3 is 2.58 bits per heavy atom. The first-order valence-electron chi connectivity index (χ1n) is 5.81. The zero-order valence-electron chi connectivity index (χ0n) is 10.7. The van der Waals surface area contributed by atoms with Crippen molar-refractivity contribution in [1.29, 1.82) is 0 Å². The molecule has 0 radical (unpaired) electrons. The molecular weight excluding hydrogens is 244 g/mol. The van der Waals surface area contributed by atoms with E-state index in [1.807, 2.05) is 31.2 Å². The van der Waals surface area contributed by atoms with E-state index in [-0.39, 0.29) is 5.69 Å². The zero-order valence-corrected chi connectivity index (χ0v) is 10.7. The monoisotopic (exact) mass is 258 g/mol. The maximum absolute atomic E-state index is 10.9. The molecule has 2 aromatic rings. The lowest BCUT2D eigenvalue weighted by atomic mass is 10.2. The molecule has 5 nitrogen and oxygen atoms in total. The summed E-state index contributed by atoms with van der Waals surface area (Å²) < 4.78 is 5.70. The van der Waals surface area contributed by atoms with Crippen LogP contribution in [0.1, 0.15) is 5.56 Å². The molecule has 2 aromatic carbocycles. The van der Waals surface area contributed by atoms with Gasteiger partial charge in [-0.25, -0.2) is 0 Å². The summed E-state index contributed by atoms with van der Waals surface area (Å²) in [6.07, 6.45) is 0. The molecule has 0 aliphatic rings. The van der Waals surface area contributed by atoms with Gasteiger partial charge in [-0.15, -0.1) is 0 Å². The lowest BCUT2D eigenvalue weighted by Crippen LogP contribution is -1.95. The molecule has 0 atom stereocenters. The Labute approximate surface area is 111 Å². The summed E-state index contributed by atoms with van der Waals surface area (Å²) in [7, 11) is 1.70. The SMILES string of the molecule is CNc1cc(Oc2ccccc2C)cc([N+](=O)[O-])c1. The predicted octanol–water partition coefficient (Wildman–Crippen LogP) is 3.74. The highest BCUT2D eigenvalue weighted by molar-refractivity contribution is 5.57. The summed E-state index contributed by atoms with van der Waals surface area (Å²) in [6, 6.07) is 12.1. The molecule has 0 spiro atoms. The molecule has 19 heavy (non-hydrogen) atoms. The van der Waals surface area contributed by atoms with E-state index in [1.165, 1.54) is 12.1 Å². The van der Waals surface area contributed by atoms with Gasteiger partial charge in [-0.05, 0) is 18.6 Å². The second-order valence-electron chi connectivity index (χ2n) is 4.09. The molecule has 0 aliphatic heterocycles. The molecule has 0 amide bonds. The summed E-state index contributed by atoms with van der Waals surface area (Å²) in [4.78, 5) is 10.4. The van der Waals surface area contributed by atoms with Crippen LogP contribution in [0.5, 0.6) is 11.5 Å². The van der Waals surface area contributed by atoms with Crippen LogP contribution in [0.25, 0.3) is 0 Å². The molecule has 0 bridgehead atoms. The maximum atomic E-state index is 10.9. The lowest BCUT2D eigenvalue weighted by Gasteiger charge is -2.09. The van der Waals surface area contributed by atoms with Crippen LogP contribution < -0.4 is 10.1 Å². The average Bonchev–Trinajstić information content (AvgIpc) is 2.41. The molecule has 1 N–H and O–H groups in total. The highest BCUT2D eigenvalue weighted by Crippen LogP contribution is 2.30. The van der Waals surface area contributed by atoms with Crippen molar-refractivity contribution in [3.63, 3.8) is 0 Å². The van der Waals surface area contributed by atoms with Gasteiger partial charge in [0.25, 0.3) is 5.69 Å². The summed E-state index contributed by atoms with van der Waals surface area (Å²) >= 11 is 0. The summed E-state index contributed by atoms with van der Waals surface area (Å²) in [5.74, 6) is 1.12. The van der Waals surface area contributed by atoms with E-state index >= 15 is 0 Å². The number of nitrogens with one attached hydrogen (secondary N) is 1. The normalized spacial score (nSPS) is 10.0. The van der Waals surface area contributed by atoms with Gasteiger partial charge in [0.15, 0.2) is 0 Å². The number of rotatable bonds is 4. The van der Waals surface area contributed by atoms with Gasteiger partial charge in [0.2, 0.25) is 0 Å². The number of ether oxygens (including phenoxy) is 1. The Morgan fingerprint density at radius 1 is 1.21 bits per heavy atom. The zero-order chi connectivity index (χ0) is 13.8. The Hall–Kier alpha value is -2.56. The molecule has 98 valence electrons. The molecule has 0 fully saturated rings. The van der Waals surface area contributed by atoms with Crippen molar-refractivity contribution < 1.29 is 9.66 Å². The third-order valence-electron chi connectivity index (χ3n) is 2.71. The lowest BCUT2D eigenvalue weighted by molar-refractivity contribution is -0.384. The summed E-state index contributed by atoms with van der Waals surface area (Å²) in [5.41, 5.74) is 1.60. The molecular formula is C14H14N2O3. The number of hydrogen-bond acceptors (Lipinski definition) is 4. The minimum absolute atomic E-state index is 0.00423. The van der Waals surface area contributed by atoms with Crippen LogP contribution >= 0.6 is 0 Å². The highest BCUT2D eigenvalue weighted by Gasteiger charge is 2.11. The molecule has 0 aromatic heterocycles. The van der Waals surface area contributed by atoms with Crippen LogP contribution in [0.4, 0.5) is 11.4 Å². The van der Waals surface area contributed by atoms with Crippen LogP contribution in [0.2, 0.25) is 0 Å². The van der Waals surface area contributed by atoms with Gasteiger partial charge in [0.1, 0.15) is 11.5 Å². The minimum atomic E-state index is -0.439. The van der Waals surface area contributed by atoms with Gasteiger partial charge in [0.05, 0.1) is 11.0 Å². The fourth-order valence-corrected chi connectivity index (χ4v) is 1.69. The van der Waals surface area contributed by atoms with E-state index in [4.69, 9.17) is 4.74 Å². The van der Waals surface area contributed by atoms with Crippen molar-refractivity contribution >= 4 is 11.4 Å². The number of benzene rings is 2. The van der Waals surface area contributed by atoms with Gasteiger partial charge in [-0.1, -0.05) is 18.2 Å². The second kappa shape index (κ2) is 5.39. The third kappa shape index (κ3) is 3.01. The van der Waals surface area contributed by atoms with E-state index in [2.05, 4.69) is 5.32 Å². The van der Waals surface area contributed by atoms with Crippen molar-refractivity contribution in [2.75, 3.05) is 12.4 Å². The van der Waals surface area contributed by atoms with Crippen molar-refractivity contribution in [1.82, 2.24) is 0 Å². The number of anilines is 1. The Bertz CT molecular complexity index is 611. The molecule has 0 saturated carbocycles. The molecule has 0 unspecified atom stereocenters. The molecule has 0 heterocycles.